The lowest BCUT2D eigenvalue weighted by Crippen LogP contribution is -3.00. The summed E-state index contributed by atoms with van der Waals surface area (Å²) in [4.78, 5) is 11.7. The average Bonchev–Trinajstić information content (AvgIpc) is 2.27. The molecule has 1 aliphatic carbocycles. The van der Waals surface area contributed by atoms with Crippen LogP contribution < -0.4 is 17.7 Å². The van der Waals surface area contributed by atoms with E-state index in [9.17, 15) is 4.79 Å². The Morgan fingerprint density at radius 3 is 2.58 bits per heavy atom. The van der Waals surface area contributed by atoms with Crippen LogP contribution in [-0.2, 0) is 4.79 Å². The van der Waals surface area contributed by atoms with Gasteiger partial charge < -0.3 is 17.7 Å². The Morgan fingerprint density at radius 1 is 1.26 bits per heavy atom. The Labute approximate surface area is 119 Å². The summed E-state index contributed by atoms with van der Waals surface area (Å²) in [7, 11) is 0. The second-order valence-corrected chi connectivity index (χ2v) is 5.44. The molecule has 0 aromatic heterocycles. The van der Waals surface area contributed by atoms with E-state index in [1.54, 1.807) is 12.1 Å². The van der Waals surface area contributed by atoms with Gasteiger partial charge in [-0.05, 0) is 24.0 Å². The van der Waals surface area contributed by atoms with Crippen molar-refractivity contribution in [3.8, 4) is 6.07 Å². The van der Waals surface area contributed by atoms with Crippen LogP contribution in [0.3, 0.4) is 0 Å². The summed E-state index contributed by atoms with van der Waals surface area (Å²) in [6.07, 6.45) is 3.05. The van der Waals surface area contributed by atoms with Crippen molar-refractivity contribution in [3.05, 3.63) is 41.6 Å². The Kier molecular flexibility index (Phi) is 4.74. The summed E-state index contributed by atoms with van der Waals surface area (Å²) in [5.41, 5.74) is 2.22. The van der Waals surface area contributed by atoms with Crippen molar-refractivity contribution in [2.24, 2.45) is 5.41 Å². The zero-order valence-electron chi connectivity index (χ0n) is 11.0. The molecule has 1 N–H and O–H groups in total. The number of halogens is 1. The van der Waals surface area contributed by atoms with Crippen LogP contribution in [0.1, 0.15) is 32.3 Å². The first-order chi connectivity index (χ1) is 8.50. The van der Waals surface area contributed by atoms with Crippen LogP contribution in [0.25, 0.3) is 0 Å². The van der Waals surface area contributed by atoms with Crippen molar-refractivity contribution >= 4 is 11.5 Å². The van der Waals surface area contributed by atoms with Crippen molar-refractivity contribution in [2.45, 2.75) is 26.7 Å². The maximum Gasteiger partial charge on any atom is 0.157 e. The minimum Gasteiger partial charge on any atom is -1.00 e. The average molecular weight is 276 g/mol. The summed E-state index contributed by atoms with van der Waals surface area (Å²) < 4.78 is 0. The maximum absolute atomic E-state index is 11.7. The van der Waals surface area contributed by atoms with E-state index >= 15 is 0 Å². The molecule has 0 saturated carbocycles. The highest BCUT2D eigenvalue weighted by Crippen LogP contribution is 2.34. The largest absolute Gasteiger partial charge is 1.00 e. The third kappa shape index (κ3) is 3.84. The highest BCUT2D eigenvalue weighted by atomic mass is 35.5. The quantitative estimate of drug-likeness (QED) is 0.842. The molecule has 1 aromatic rings. The Bertz CT molecular complexity index is 556. The standard InChI is InChI=1S/C15H16N2O.ClH/c1-15(2)8-12(7-13(18)9-15)17-14-6-4-3-5-11(14)10-16;/h3-7,17H,8-9H2,1-2H3;1H/p-1. The number of ketones is 1. The number of benzene rings is 1. The summed E-state index contributed by atoms with van der Waals surface area (Å²) >= 11 is 0. The van der Waals surface area contributed by atoms with Gasteiger partial charge >= 0.3 is 0 Å². The van der Waals surface area contributed by atoms with E-state index in [1.165, 1.54) is 0 Å². The molecule has 0 radical (unpaired) electrons. The van der Waals surface area contributed by atoms with Crippen LogP contribution in [0.15, 0.2) is 36.0 Å². The Hall–Kier alpha value is -1.79. The number of anilines is 1. The monoisotopic (exact) mass is 275 g/mol. The van der Waals surface area contributed by atoms with E-state index in [4.69, 9.17) is 5.26 Å². The third-order valence-electron chi connectivity index (χ3n) is 3.00. The summed E-state index contributed by atoms with van der Waals surface area (Å²) in [5.74, 6) is 0.142. The number of hydrogen-bond donors (Lipinski definition) is 1. The van der Waals surface area contributed by atoms with Crippen molar-refractivity contribution in [3.63, 3.8) is 0 Å². The maximum atomic E-state index is 11.7. The second kappa shape index (κ2) is 5.90. The fourth-order valence-electron chi connectivity index (χ4n) is 2.29. The number of carbonyl (C=O) groups is 1. The molecule has 2 rings (SSSR count). The van der Waals surface area contributed by atoms with Crippen molar-refractivity contribution < 1.29 is 17.2 Å². The fourth-order valence-corrected chi connectivity index (χ4v) is 2.29. The number of nitrogens with one attached hydrogen (secondary N) is 1. The predicted octanol–water partition coefficient (Wildman–Crippen LogP) is 0.247. The van der Waals surface area contributed by atoms with E-state index in [0.717, 1.165) is 17.8 Å². The highest BCUT2D eigenvalue weighted by Gasteiger charge is 2.27. The molecule has 0 spiro atoms. The molecule has 1 aliphatic rings. The molecule has 0 heterocycles. The molecule has 0 atom stereocenters. The van der Waals surface area contributed by atoms with Gasteiger partial charge in [-0.1, -0.05) is 26.0 Å². The Morgan fingerprint density at radius 2 is 1.95 bits per heavy atom. The normalized spacial score (nSPS) is 16.9. The number of nitrogens with zero attached hydrogens (tertiary/aromatic N) is 1. The lowest BCUT2D eigenvalue weighted by molar-refractivity contribution is -0.117. The number of allylic oxidation sites excluding steroid dienone is 2. The first-order valence-electron chi connectivity index (χ1n) is 6.00. The van der Waals surface area contributed by atoms with Gasteiger partial charge in [-0.15, -0.1) is 0 Å². The van der Waals surface area contributed by atoms with E-state index in [-0.39, 0.29) is 23.6 Å². The van der Waals surface area contributed by atoms with Crippen LogP contribution in [0, 0.1) is 16.7 Å². The second-order valence-electron chi connectivity index (χ2n) is 5.44. The van der Waals surface area contributed by atoms with Crippen molar-refractivity contribution in [1.82, 2.24) is 0 Å². The Balaban J connectivity index is 0.00000180. The molecule has 0 amide bonds. The van der Waals surface area contributed by atoms with Crippen molar-refractivity contribution in [1.29, 1.82) is 5.26 Å². The van der Waals surface area contributed by atoms with Crippen LogP contribution in [0.5, 0.6) is 0 Å². The molecular formula is C15H16ClN2O-. The number of para-hydroxylation sites is 1. The smallest absolute Gasteiger partial charge is 0.157 e. The molecule has 1 aromatic carbocycles. The van der Waals surface area contributed by atoms with Gasteiger partial charge in [0.05, 0.1) is 11.3 Å². The van der Waals surface area contributed by atoms with E-state index in [2.05, 4.69) is 25.2 Å². The molecule has 3 nitrogen and oxygen atoms in total. The van der Waals surface area contributed by atoms with Gasteiger partial charge in [0.15, 0.2) is 5.78 Å². The predicted molar refractivity (Wildman–Crippen MR) is 70.9 cm³/mol. The zero-order chi connectivity index (χ0) is 13.2. The zero-order valence-corrected chi connectivity index (χ0v) is 11.8. The summed E-state index contributed by atoms with van der Waals surface area (Å²) in [6.45, 7) is 4.16. The summed E-state index contributed by atoms with van der Waals surface area (Å²) in [5, 5.41) is 12.2. The lowest BCUT2D eigenvalue weighted by atomic mass is 9.79. The van der Waals surface area contributed by atoms with Gasteiger partial charge in [0, 0.05) is 18.2 Å². The van der Waals surface area contributed by atoms with Gasteiger partial charge in [0.25, 0.3) is 0 Å². The molecule has 100 valence electrons. The number of rotatable bonds is 2. The van der Waals surface area contributed by atoms with Crippen LogP contribution in [0.4, 0.5) is 5.69 Å². The van der Waals surface area contributed by atoms with E-state index < -0.39 is 0 Å². The molecule has 0 aliphatic heterocycles. The van der Waals surface area contributed by atoms with E-state index in [0.29, 0.717) is 12.0 Å². The number of nitriles is 1. The summed E-state index contributed by atoms with van der Waals surface area (Å²) in [6, 6.07) is 9.46. The SMILES string of the molecule is CC1(C)CC(=O)C=C(Nc2ccccc2C#N)C1.[Cl-]. The van der Waals surface area contributed by atoms with Gasteiger partial charge in [0.2, 0.25) is 0 Å². The lowest BCUT2D eigenvalue weighted by Gasteiger charge is -2.29. The molecule has 4 heteroatoms. The van der Waals surface area contributed by atoms with Gasteiger partial charge in [-0.3, -0.25) is 4.79 Å². The van der Waals surface area contributed by atoms with Crippen LogP contribution >= 0.6 is 0 Å². The fraction of sp³-hybridized carbons (Fsp3) is 0.333. The molecule has 0 bridgehead atoms. The first-order valence-corrected chi connectivity index (χ1v) is 6.00. The molecule has 0 fully saturated rings. The van der Waals surface area contributed by atoms with Crippen molar-refractivity contribution in [2.75, 3.05) is 5.32 Å². The topological polar surface area (TPSA) is 52.9 Å². The van der Waals surface area contributed by atoms with E-state index in [1.807, 2.05) is 18.2 Å². The number of carbonyl (C=O) groups excluding carboxylic acids is 1. The molecule has 0 unspecified atom stereocenters. The third-order valence-corrected chi connectivity index (χ3v) is 3.00. The van der Waals surface area contributed by atoms with Crippen LogP contribution in [-0.4, -0.2) is 5.78 Å². The molecular weight excluding hydrogens is 260 g/mol. The molecule has 0 saturated heterocycles. The minimum atomic E-state index is -0.0181. The number of hydrogen-bond acceptors (Lipinski definition) is 3. The van der Waals surface area contributed by atoms with Gasteiger partial charge in [-0.25, -0.2) is 0 Å². The highest BCUT2D eigenvalue weighted by molar-refractivity contribution is 5.92. The first kappa shape index (κ1) is 15.3. The van der Waals surface area contributed by atoms with Gasteiger partial charge in [0.1, 0.15) is 6.07 Å². The minimum absolute atomic E-state index is 0. The molecule has 19 heavy (non-hydrogen) atoms. The van der Waals surface area contributed by atoms with Gasteiger partial charge in [-0.2, -0.15) is 5.26 Å². The van der Waals surface area contributed by atoms with Crippen LogP contribution in [0.2, 0.25) is 0 Å².